The first kappa shape index (κ1) is 18.0. The molecule has 1 aliphatic carbocycles. The molecule has 2 fully saturated rings. The minimum absolute atomic E-state index is 0.0600. The molecule has 1 aliphatic heterocycles. The van der Waals surface area contributed by atoms with Crippen LogP contribution in [-0.4, -0.2) is 52.5 Å². The van der Waals surface area contributed by atoms with E-state index in [-0.39, 0.29) is 30.0 Å². The predicted molar refractivity (Wildman–Crippen MR) is 94.3 cm³/mol. The average Bonchev–Trinajstić information content (AvgIpc) is 3.11. The van der Waals surface area contributed by atoms with Gasteiger partial charge in [-0.05, 0) is 44.6 Å². The summed E-state index contributed by atoms with van der Waals surface area (Å²) in [7, 11) is 0. The second-order valence-corrected chi connectivity index (χ2v) is 7.10. The highest BCUT2D eigenvalue weighted by molar-refractivity contribution is 5.74. The number of benzene rings is 1. The van der Waals surface area contributed by atoms with Crippen molar-refractivity contribution in [1.29, 1.82) is 0 Å². The summed E-state index contributed by atoms with van der Waals surface area (Å²) in [5, 5.41) is 22.7. The van der Waals surface area contributed by atoms with Crippen molar-refractivity contribution >= 4 is 6.03 Å². The summed E-state index contributed by atoms with van der Waals surface area (Å²) in [5.41, 5.74) is 0.731. The van der Waals surface area contributed by atoms with E-state index in [1.165, 1.54) is 0 Å². The van der Waals surface area contributed by atoms with Crippen LogP contribution >= 0.6 is 0 Å². The Morgan fingerprint density at radius 3 is 2.64 bits per heavy atom. The number of hydrogen-bond donors (Lipinski definition) is 3. The third-order valence-electron chi connectivity index (χ3n) is 5.11. The molecule has 0 bridgehead atoms. The highest BCUT2D eigenvalue weighted by Crippen LogP contribution is 2.22. The second kappa shape index (κ2) is 8.54. The van der Waals surface area contributed by atoms with Crippen LogP contribution in [0.25, 0.3) is 0 Å². The van der Waals surface area contributed by atoms with E-state index in [4.69, 9.17) is 4.74 Å². The van der Waals surface area contributed by atoms with Crippen LogP contribution in [0.4, 0.5) is 4.79 Å². The van der Waals surface area contributed by atoms with E-state index in [1.54, 1.807) is 17.0 Å². The molecule has 1 saturated carbocycles. The molecule has 2 aliphatic rings. The minimum Gasteiger partial charge on any atom is -0.508 e. The highest BCUT2D eigenvalue weighted by atomic mass is 16.5. The molecule has 138 valence electrons. The molecule has 6 nitrogen and oxygen atoms in total. The molecular formula is C19H28N2O4. The Balaban J connectivity index is 1.64. The number of urea groups is 1. The highest BCUT2D eigenvalue weighted by Gasteiger charge is 2.26. The molecule has 1 saturated heterocycles. The first-order chi connectivity index (χ1) is 12.1. The zero-order valence-corrected chi connectivity index (χ0v) is 14.6. The summed E-state index contributed by atoms with van der Waals surface area (Å²) < 4.78 is 5.69. The maximum atomic E-state index is 12.8. The Morgan fingerprint density at radius 1 is 1.20 bits per heavy atom. The number of aliphatic hydroxyl groups excluding tert-OH is 1. The lowest BCUT2D eigenvalue weighted by Gasteiger charge is -2.31. The second-order valence-electron chi connectivity index (χ2n) is 7.10. The van der Waals surface area contributed by atoms with Crippen LogP contribution in [0, 0.1) is 0 Å². The molecule has 0 spiro atoms. The van der Waals surface area contributed by atoms with Crippen molar-refractivity contribution in [3.63, 3.8) is 0 Å². The van der Waals surface area contributed by atoms with Gasteiger partial charge < -0.3 is 25.2 Å². The van der Waals surface area contributed by atoms with Crippen LogP contribution in [0.5, 0.6) is 5.75 Å². The molecule has 0 aromatic heterocycles. The van der Waals surface area contributed by atoms with Gasteiger partial charge in [-0.1, -0.05) is 18.2 Å². The smallest absolute Gasteiger partial charge is 0.318 e. The number of rotatable bonds is 5. The van der Waals surface area contributed by atoms with Crippen molar-refractivity contribution < 1.29 is 19.7 Å². The number of amides is 2. The maximum absolute atomic E-state index is 12.8. The van der Waals surface area contributed by atoms with Gasteiger partial charge >= 0.3 is 6.03 Å². The summed E-state index contributed by atoms with van der Waals surface area (Å²) in [6.07, 6.45) is 4.88. The first-order valence-corrected chi connectivity index (χ1v) is 9.24. The molecule has 6 heteroatoms. The zero-order valence-electron chi connectivity index (χ0n) is 14.6. The van der Waals surface area contributed by atoms with Gasteiger partial charge in [0.2, 0.25) is 0 Å². The van der Waals surface area contributed by atoms with Crippen molar-refractivity contribution in [3.8, 4) is 5.75 Å². The quantitative estimate of drug-likeness (QED) is 0.763. The number of para-hydroxylation sites is 1. The van der Waals surface area contributed by atoms with Crippen LogP contribution in [0.3, 0.4) is 0 Å². The molecule has 25 heavy (non-hydrogen) atoms. The van der Waals surface area contributed by atoms with E-state index in [9.17, 15) is 15.0 Å². The fourth-order valence-corrected chi connectivity index (χ4v) is 3.59. The van der Waals surface area contributed by atoms with Crippen LogP contribution < -0.4 is 5.32 Å². The Labute approximate surface area is 148 Å². The van der Waals surface area contributed by atoms with Gasteiger partial charge in [0.1, 0.15) is 5.75 Å². The fourth-order valence-electron chi connectivity index (χ4n) is 3.59. The number of aliphatic hydroxyl groups is 1. The van der Waals surface area contributed by atoms with E-state index in [0.717, 1.165) is 50.7 Å². The SMILES string of the molecule is O=C(NC1CCC(O)CC1)N(Cc1ccccc1O)CC1CCCO1. The normalized spacial score (nSPS) is 26.4. The number of carbonyl (C=O) groups is 1. The van der Waals surface area contributed by atoms with E-state index in [2.05, 4.69) is 5.32 Å². The van der Waals surface area contributed by atoms with Gasteiger partial charge in [-0.15, -0.1) is 0 Å². The fraction of sp³-hybridized carbons (Fsp3) is 0.632. The third kappa shape index (κ3) is 5.09. The summed E-state index contributed by atoms with van der Waals surface area (Å²) in [5.74, 6) is 0.202. The van der Waals surface area contributed by atoms with Crippen molar-refractivity contribution in [2.45, 2.75) is 63.3 Å². The Hall–Kier alpha value is -1.79. The molecular weight excluding hydrogens is 320 g/mol. The van der Waals surface area contributed by atoms with Gasteiger partial charge in [0.05, 0.1) is 18.8 Å². The maximum Gasteiger partial charge on any atom is 0.318 e. The number of phenolic OH excluding ortho intramolecular Hbond substituents is 1. The molecule has 1 atom stereocenters. The van der Waals surface area contributed by atoms with Gasteiger partial charge in [-0.3, -0.25) is 0 Å². The monoisotopic (exact) mass is 348 g/mol. The van der Waals surface area contributed by atoms with E-state index in [1.807, 2.05) is 12.1 Å². The van der Waals surface area contributed by atoms with Crippen LogP contribution in [0.1, 0.15) is 44.1 Å². The van der Waals surface area contributed by atoms with Crippen molar-refractivity contribution in [2.75, 3.05) is 13.2 Å². The van der Waals surface area contributed by atoms with Gasteiger partial charge in [0.25, 0.3) is 0 Å². The average molecular weight is 348 g/mol. The lowest BCUT2D eigenvalue weighted by Crippen LogP contribution is -2.48. The lowest BCUT2D eigenvalue weighted by atomic mass is 9.93. The Morgan fingerprint density at radius 2 is 1.96 bits per heavy atom. The van der Waals surface area contributed by atoms with Gasteiger partial charge in [0, 0.05) is 24.8 Å². The number of aromatic hydroxyl groups is 1. The van der Waals surface area contributed by atoms with Gasteiger partial charge in [-0.25, -0.2) is 4.79 Å². The Bertz CT molecular complexity index is 566. The summed E-state index contributed by atoms with van der Waals surface area (Å²) in [6, 6.07) is 7.09. The van der Waals surface area contributed by atoms with Crippen LogP contribution in [-0.2, 0) is 11.3 Å². The largest absolute Gasteiger partial charge is 0.508 e. The zero-order chi connectivity index (χ0) is 17.6. The van der Waals surface area contributed by atoms with Crippen LogP contribution in [0.2, 0.25) is 0 Å². The molecule has 3 rings (SSSR count). The lowest BCUT2D eigenvalue weighted by molar-refractivity contribution is 0.0767. The number of ether oxygens (including phenoxy) is 1. The van der Waals surface area contributed by atoms with E-state index in [0.29, 0.717) is 13.1 Å². The number of nitrogens with zero attached hydrogens (tertiary/aromatic N) is 1. The van der Waals surface area contributed by atoms with Crippen LogP contribution in [0.15, 0.2) is 24.3 Å². The number of phenols is 1. The molecule has 3 N–H and O–H groups in total. The molecule has 1 aromatic rings. The van der Waals surface area contributed by atoms with Crippen molar-refractivity contribution in [2.24, 2.45) is 0 Å². The summed E-state index contributed by atoms with van der Waals surface area (Å²) >= 11 is 0. The van der Waals surface area contributed by atoms with Crippen molar-refractivity contribution in [3.05, 3.63) is 29.8 Å². The van der Waals surface area contributed by atoms with Gasteiger partial charge in [-0.2, -0.15) is 0 Å². The standard InChI is InChI=1S/C19H28N2O4/c22-16-9-7-15(8-10-16)20-19(24)21(13-17-5-3-11-25-17)12-14-4-1-2-6-18(14)23/h1-2,4,6,15-17,22-23H,3,5,7-13H2,(H,20,24). The van der Waals surface area contributed by atoms with Crippen molar-refractivity contribution in [1.82, 2.24) is 10.2 Å². The summed E-state index contributed by atoms with van der Waals surface area (Å²) in [6.45, 7) is 1.63. The van der Waals surface area contributed by atoms with E-state index < -0.39 is 0 Å². The molecule has 1 heterocycles. The molecule has 1 aromatic carbocycles. The number of hydrogen-bond acceptors (Lipinski definition) is 4. The first-order valence-electron chi connectivity index (χ1n) is 9.24. The van der Waals surface area contributed by atoms with Gasteiger partial charge in [0.15, 0.2) is 0 Å². The summed E-state index contributed by atoms with van der Waals surface area (Å²) in [4.78, 5) is 14.5. The minimum atomic E-state index is -0.239. The molecule has 0 radical (unpaired) electrons. The number of nitrogens with one attached hydrogen (secondary N) is 1. The van der Waals surface area contributed by atoms with E-state index >= 15 is 0 Å². The number of carbonyl (C=O) groups excluding carboxylic acids is 1. The predicted octanol–water partition coefficient (Wildman–Crippen LogP) is 2.39. The molecule has 1 unspecified atom stereocenters. The third-order valence-corrected chi connectivity index (χ3v) is 5.11. The topological polar surface area (TPSA) is 82.0 Å². The Kier molecular flexibility index (Phi) is 6.15. The molecule has 2 amide bonds.